The van der Waals surface area contributed by atoms with E-state index in [0.717, 1.165) is 40.2 Å². The molecule has 2 unspecified atom stereocenters. The summed E-state index contributed by atoms with van der Waals surface area (Å²) in [7, 11) is 1.62. The molecule has 0 spiro atoms. The lowest BCUT2D eigenvalue weighted by Crippen LogP contribution is -2.36. The third-order valence-electron chi connectivity index (χ3n) is 6.57. The van der Waals surface area contributed by atoms with Crippen LogP contribution >= 0.6 is 11.3 Å². The maximum atomic E-state index is 13.3. The predicted octanol–water partition coefficient (Wildman–Crippen LogP) is 5.10. The highest BCUT2D eigenvalue weighted by molar-refractivity contribution is 7.10. The maximum Gasteiger partial charge on any atom is 0.295 e. The minimum Gasteiger partial charge on any atom is -0.507 e. The first-order valence-electron chi connectivity index (χ1n) is 11.4. The van der Waals surface area contributed by atoms with Crippen molar-refractivity contribution in [2.75, 3.05) is 20.3 Å². The lowest BCUT2D eigenvalue weighted by Gasteiger charge is -2.27. The third kappa shape index (κ3) is 4.20. The molecule has 6 nitrogen and oxygen atoms in total. The molecule has 2 aliphatic rings. The fourth-order valence-corrected chi connectivity index (χ4v) is 5.79. The van der Waals surface area contributed by atoms with Gasteiger partial charge < -0.3 is 19.5 Å². The Labute approximate surface area is 198 Å². The summed E-state index contributed by atoms with van der Waals surface area (Å²) < 4.78 is 11.3. The number of aliphatic hydroxyl groups is 1. The second-order valence-electron chi connectivity index (χ2n) is 9.12. The lowest BCUT2D eigenvalue weighted by atomic mass is 9.92. The van der Waals surface area contributed by atoms with Gasteiger partial charge in [0.2, 0.25) is 0 Å². The Morgan fingerprint density at radius 1 is 1.27 bits per heavy atom. The van der Waals surface area contributed by atoms with Crippen molar-refractivity contribution in [1.82, 2.24) is 4.90 Å². The Balaban J connectivity index is 1.88. The Hall–Kier alpha value is -2.64. The van der Waals surface area contributed by atoms with Gasteiger partial charge in [-0.25, -0.2) is 0 Å². The standard InChI is InChI=1S/C26H31NO5S/c1-14(2)18-12-19(16(4)11-20(18)31-5)23(28)21-22(25-15(3)8-10-33-25)27(26(30)24(21)29)13-17-7-6-9-32-17/h8,10-12,14,17,22,28H,6-7,9,13H2,1-5H3/b23-21+. The Kier molecular flexibility index (Phi) is 6.64. The van der Waals surface area contributed by atoms with Gasteiger partial charge in [-0.3, -0.25) is 9.59 Å². The van der Waals surface area contributed by atoms with Crippen molar-refractivity contribution in [3.63, 3.8) is 0 Å². The molecule has 33 heavy (non-hydrogen) atoms. The first kappa shape index (κ1) is 23.5. The fraction of sp³-hybridized carbons (Fsp3) is 0.462. The zero-order valence-corrected chi connectivity index (χ0v) is 20.6. The number of aliphatic hydroxyl groups excluding tert-OH is 1. The molecule has 2 fully saturated rings. The summed E-state index contributed by atoms with van der Waals surface area (Å²) in [5.41, 5.74) is 3.40. The molecule has 0 saturated carbocycles. The van der Waals surface area contributed by atoms with Crippen LogP contribution < -0.4 is 4.74 Å². The Bertz CT molecular complexity index is 1110. The SMILES string of the molecule is COc1cc(C)c(/C(O)=C2\C(=O)C(=O)N(CC3CCCO3)C2c2sccc2C)cc1C(C)C. The van der Waals surface area contributed by atoms with Gasteiger partial charge in [0.25, 0.3) is 11.7 Å². The van der Waals surface area contributed by atoms with E-state index in [0.29, 0.717) is 18.7 Å². The molecule has 1 N–H and O–H groups in total. The van der Waals surface area contributed by atoms with Crippen LogP contribution in [0, 0.1) is 13.8 Å². The Morgan fingerprint density at radius 2 is 2.03 bits per heavy atom. The molecule has 2 atom stereocenters. The van der Waals surface area contributed by atoms with Gasteiger partial charge in [0.05, 0.1) is 24.8 Å². The molecule has 0 aliphatic carbocycles. The number of hydrogen-bond donors (Lipinski definition) is 1. The molecule has 2 saturated heterocycles. The van der Waals surface area contributed by atoms with Gasteiger partial charge in [0.1, 0.15) is 11.5 Å². The van der Waals surface area contributed by atoms with Crippen LogP contribution in [-0.2, 0) is 14.3 Å². The van der Waals surface area contributed by atoms with Gasteiger partial charge in [-0.15, -0.1) is 11.3 Å². The average molecular weight is 470 g/mol. The number of ether oxygens (including phenoxy) is 2. The molecule has 0 radical (unpaired) electrons. The number of carbonyl (C=O) groups is 2. The van der Waals surface area contributed by atoms with Crippen LogP contribution in [0.5, 0.6) is 5.75 Å². The van der Waals surface area contributed by atoms with Gasteiger partial charge in [-0.1, -0.05) is 13.8 Å². The van der Waals surface area contributed by atoms with Crippen molar-refractivity contribution >= 4 is 28.8 Å². The van der Waals surface area contributed by atoms with Crippen LogP contribution in [-0.4, -0.2) is 48.1 Å². The number of carbonyl (C=O) groups excluding carboxylic acids is 2. The van der Waals surface area contributed by atoms with Gasteiger partial charge in [0, 0.05) is 23.6 Å². The zero-order chi connectivity index (χ0) is 23.9. The predicted molar refractivity (Wildman–Crippen MR) is 129 cm³/mol. The number of methoxy groups -OCH3 is 1. The number of rotatable bonds is 6. The molecular weight excluding hydrogens is 438 g/mol. The summed E-state index contributed by atoms with van der Waals surface area (Å²) in [6.07, 6.45) is 1.70. The van der Waals surface area contributed by atoms with Crippen molar-refractivity contribution < 1.29 is 24.2 Å². The number of hydrogen-bond acceptors (Lipinski definition) is 6. The van der Waals surface area contributed by atoms with E-state index in [1.54, 1.807) is 12.0 Å². The van der Waals surface area contributed by atoms with Crippen molar-refractivity contribution in [2.45, 2.75) is 58.6 Å². The maximum absolute atomic E-state index is 13.3. The van der Waals surface area contributed by atoms with Crippen molar-refractivity contribution in [3.8, 4) is 5.75 Å². The summed E-state index contributed by atoms with van der Waals surface area (Å²) in [6, 6.07) is 5.10. The van der Waals surface area contributed by atoms with Crippen molar-refractivity contribution in [2.24, 2.45) is 0 Å². The van der Waals surface area contributed by atoms with E-state index in [9.17, 15) is 14.7 Å². The van der Waals surface area contributed by atoms with E-state index in [-0.39, 0.29) is 23.4 Å². The quantitative estimate of drug-likeness (QED) is 0.362. The summed E-state index contributed by atoms with van der Waals surface area (Å²) in [5.74, 6) is -0.472. The van der Waals surface area contributed by atoms with Crippen LogP contribution in [0.15, 0.2) is 29.2 Å². The highest BCUT2D eigenvalue weighted by Crippen LogP contribution is 2.44. The summed E-state index contributed by atoms with van der Waals surface area (Å²) in [4.78, 5) is 29.0. The van der Waals surface area contributed by atoms with E-state index in [2.05, 4.69) is 0 Å². The van der Waals surface area contributed by atoms with E-state index in [4.69, 9.17) is 9.47 Å². The molecule has 1 amide bonds. The van der Waals surface area contributed by atoms with Crippen LogP contribution in [0.25, 0.3) is 5.76 Å². The fourth-order valence-electron chi connectivity index (χ4n) is 4.74. The summed E-state index contributed by atoms with van der Waals surface area (Å²) in [5, 5.41) is 13.5. The molecule has 2 aromatic rings. The number of aryl methyl sites for hydroxylation is 2. The normalized spacial score (nSPS) is 22.5. The lowest BCUT2D eigenvalue weighted by molar-refractivity contribution is -0.140. The smallest absolute Gasteiger partial charge is 0.295 e. The van der Waals surface area contributed by atoms with Crippen LogP contribution in [0.4, 0.5) is 0 Å². The van der Waals surface area contributed by atoms with Gasteiger partial charge >= 0.3 is 0 Å². The number of thiophene rings is 1. The molecule has 1 aromatic carbocycles. The van der Waals surface area contributed by atoms with Crippen LogP contribution in [0.3, 0.4) is 0 Å². The van der Waals surface area contributed by atoms with Crippen molar-refractivity contribution in [1.29, 1.82) is 0 Å². The summed E-state index contributed by atoms with van der Waals surface area (Å²) in [6.45, 7) is 8.94. The third-order valence-corrected chi connectivity index (χ3v) is 7.64. The molecule has 0 bridgehead atoms. The minimum atomic E-state index is -0.649. The highest BCUT2D eigenvalue weighted by atomic mass is 32.1. The monoisotopic (exact) mass is 469 g/mol. The minimum absolute atomic E-state index is 0.0960. The van der Waals surface area contributed by atoms with Gasteiger partial charge in [-0.05, 0) is 72.9 Å². The number of ketones is 1. The second-order valence-corrected chi connectivity index (χ2v) is 10.1. The summed E-state index contributed by atoms with van der Waals surface area (Å²) >= 11 is 1.50. The number of benzene rings is 1. The number of nitrogens with zero attached hydrogens (tertiary/aromatic N) is 1. The number of Topliss-reactive ketones (excluding diaryl/α,β-unsaturated/α-hetero) is 1. The zero-order valence-electron chi connectivity index (χ0n) is 19.8. The van der Waals surface area contributed by atoms with E-state index < -0.39 is 17.7 Å². The van der Waals surface area contributed by atoms with Crippen LogP contribution in [0.1, 0.15) is 65.8 Å². The van der Waals surface area contributed by atoms with E-state index >= 15 is 0 Å². The number of likely N-dealkylation sites (tertiary alicyclic amines) is 1. The molecule has 3 heterocycles. The molecule has 176 valence electrons. The molecule has 1 aromatic heterocycles. The average Bonchev–Trinajstić information content (AvgIpc) is 3.50. The van der Waals surface area contributed by atoms with Gasteiger partial charge in [0.15, 0.2) is 0 Å². The molecule has 2 aliphatic heterocycles. The first-order chi connectivity index (χ1) is 15.7. The second kappa shape index (κ2) is 9.31. The first-order valence-corrected chi connectivity index (χ1v) is 12.3. The number of amides is 1. The topological polar surface area (TPSA) is 76.1 Å². The molecular formula is C26H31NO5S. The van der Waals surface area contributed by atoms with Crippen molar-refractivity contribution in [3.05, 3.63) is 56.3 Å². The highest BCUT2D eigenvalue weighted by Gasteiger charge is 2.48. The van der Waals surface area contributed by atoms with E-state index in [1.165, 1.54) is 11.3 Å². The van der Waals surface area contributed by atoms with Gasteiger partial charge in [-0.2, -0.15) is 0 Å². The van der Waals surface area contributed by atoms with Crippen LogP contribution in [0.2, 0.25) is 0 Å². The van der Waals surface area contributed by atoms with E-state index in [1.807, 2.05) is 51.3 Å². The molecule has 4 rings (SSSR count). The largest absolute Gasteiger partial charge is 0.507 e. The molecule has 7 heteroatoms. The Morgan fingerprint density at radius 3 is 2.61 bits per heavy atom.